The van der Waals surface area contributed by atoms with E-state index >= 15 is 0 Å². The van der Waals surface area contributed by atoms with Crippen molar-refractivity contribution in [1.82, 2.24) is 5.32 Å². The highest BCUT2D eigenvalue weighted by Crippen LogP contribution is 2.31. The number of rotatable bonds is 5. The Hall–Kier alpha value is -2.91. The van der Waals surface area contributed by atoms with Crippen molar-refractivity contribution in [2.24, 2.45) is 0 Å². The Labute approximate surface area is 212 Å². The van der Waals surface area contributed by atoms with Crippen molar-refractivity contribution in [2.45, 2.75) is 6.61 Å². The normalized spacial score (nSPS) is 14.4. The molecule has 1 aliphatic rings. The van der Waals surface area contributed by atoms with Crippen LogP contribution < -0.4 is 15.0 Å². The van der Waals surface area contributed by atoms with Crippen LogP contribution in [0.4, 0.5) is 10.5 Å². The van der Waals surface area contributed by atoms with Crippen molar-refractivity contribution in [2.75, 3.05) is 4.90 Å². The number of anilines is 1. The summed E-state index contributed by atoms with van der Waals surface area (Å²) in [7, 11) is 0. The summed E-state index contributed by atoms with van der Waals surface area (Å²) < 4.78 is 7.71. The zero-order valence-electron chi connectivity index (χ0n) is 16.5. The minimum atomic E-state index is -0.479. The average Bonchev–Trinajstić information content (AvgIpc) is 3.06. The lowest BCUT2D eigenvalue weighted by Gasteiger charge is -2.12. The molecule has 3 amide bonds. The summed E-state index contributed by atoms with van der Waals surface area (Å²) in [6, 6.07) is 21.6. The first-order valence-electron chi connectivity index (χ1n) is 9.50. The number of halogens is 2. The number of carbonyl (C=O) groups is 2. The molecule has 158 valence electrons. The third-order valence-corrected chi connectivity index (χ3v) is 6.34. The number of benzene rings is 3. The van der Waals surface area contributed by atoms with Crippen molar-refractivity contribution in [3.8, 4) is 11.8 Å². The van der Waals surface area contributed by atoms with Gasteiger partial charge in [0, 0.05) is 5.56 Å². The van der Waals surface area contributed by atoms with E-state index in [-0.39, 0.29) is 12.3 Å². The Morgan fingerprint density at radius 2 is 1.66 bits per heavy atom. The maximum atomic E-state index is 12.8. The standard InChI is InChI=1S/C24H15I2N3O3/c25-19-10-15(11-20(26)22(19)32-14-17-7-5-4-6-16(17)13-27)12-21-23(30)29(24(31)28-21)18-8-2-1-3-9-18/h1-12H,14H2,(H,28,31)/b21-12+. The van der Waals surface area contributed by atoms with Gasteiger partial charge in [-0.1, -0.05) is 36.4 Å². The third-order valence-electron chi connectivity index (χ3n) is 4.73. The molecule has 1 heterocycles. The topological polar surface area (TPSA) is 82.4 Å². The van der Waals surface area contributed by atoms with Crippen molar-refractivity contribution in [3.63, 3.8) is 0 Å². The predicted molar refractivity (Wildman–Crippen MR) is 138 cm³/mol. The molecule has 0 unspecified atom stereocenters. The number of nitrogens with one attached hydrogen (secondary N) is 1. The smallest absolute Gasteiger partial charge is 0.333 e. The van der Waals surface area contributed by atoms with E-state index in [0.29, 0.717) is 17.0 Å². The number of urea groups is 1. The summed E-state index contributed by atoms with van der Waals surface area (Å²) >= 11 is 4.35. The van der Waals surface area contributed by atoms with E-state index in [0.717, 1.165) is 23.2 Å². The molecule has 1 N–H and O–H groups in total. The summed E-state index contributed by atoms with van der Waals surface area (Å²) in [5.74, 6) is 0.299. The van der Waals surface area contributed by atoms with Crippen LogP contribution in [0.15, 0.2) is 72.4 Å². The molecule has 0 bridgehead atoms. The van der Waals surface area contributed by atoms with E-state index in [9.17, 15) is 14.9 Å². The molecule has 0 spiro atoms. The molecule has 1 aliphatic heterocycles. The Balaban J connectivity index is 1.56. The van der Waals surface area contributed by atoms with Crippen LogP contribution in [-0.4, -0.2) is 11.9 Å². The SMILES string of the molecule is N#Cc1ccccc1COc1c(I)cc(/C=C2/NC(=O)N(c3ccccc3)C2=O)cc1I. The summed E-state index contributed by atoms with van der Waals surface area (Å²) in [5, 5.41) is 11.9. The van der Waals surface area contributed by atoms with Crippen molar-refractivity contribution < 1.29 is 14.3 Å². The summed E-state index contributed by atoms with van der Waals surface area (Å²) in [6.07, 6.45) is 1.66. The molecule has 3 aromatic carbocycles. The van der Waals surface area contributed by atoms with Crippen LogP contribution in [0, 0.1) is 18.5 Å². The minimum Gasteiger partial charge on any atom is -0.487 e. The van der Waals surface area contributed by atoms with E-state index in [1.165, 1.54) is 0 Å². The van der Waals surface area contributed by atoms with Crippen LogP contribution in [-0.2, 0) is 11.4 Å². The van der Waals surface area contributed by atoms with Gasteiger partial charge in [-0.15, -0.1) is 0 Å². The van der Waals surface area contributed by atoms with Gasteiger partial charge in [0.15, 0.2) is 0 Å². The van der Waals surface area contributed by atoms with Gasteiger partial charge in [0.1, 0.15) is 18.1 Å². The van der Waals surface area contributed by atoms with Crippen LogP contribution in [0.1, 0.15) is 16.7 Å². The number of ether oxygens (including phenoxy) is 1. The summed E-state index contributed by atoms with van der Waals surface area (Å²) in [5.41, 5.74) is 2.89. The molecule has 0 radical (unpaired) electrons. The molecule has 4 rings (SSSR count). The molecular formula is C24H15I2N3O3. The van der Waals surface area contributed by atoms with Crippen molar-refractivity contribution in [3.05, 3.63) is 96.3 Å². The van der Waals surface area contributed by atoms with Crippen LogP contribution >= 0.6 is 45.2 Å². The molecule has 1 fully saturated rings. The lowest BCUT2D eigenvalue weighted by molar-refractivity contribution is -0.113. The highest BCUT2D eigenvalue weighted by Gasteiger charge is 2.34. The van der Waals surface area contributed by atoms with Gasteiger partial charge < -0.3 is 10.1 Å². The molecule has 6 nitrogen and oxygen atoms in total. The second-order valence-electron chi connectivity index (χ2n) is 6.84. The second kappa shape index (κ2) is 9.70. The zero-order valence-corrected chi connectivity index (χ0v) is 20.8. The van der Waals surface area contributed by atoms with Crippen LogP contribution in [0.5, 0.6) is 5.75 Å². The van der Waals surface area contributed by atoms with Crippen LogP contribution in [0.3, 0.4) is 0 Å². The summed E-state index contributed by atoms with van der Waals surface area (Å²) in [6.45, 7) is 0.275. The molecule has 32 heavy (non-hydrogen) atoms. The van der Waals surface area contributed by atoms with Crippen molar-refractivity contribution >= 4 is 68.9 Å². The molecular weight excluding hydrogens is 632 g/mol. The van der Waals surface area contributed by atoms with Crippen molar-refractivity contribution in [1.29, 1.82) is 5.26 Å². The monoisotopic (exact) mass is 647 g/mol. The lowest BCUT2D eigenvalue weighted by atomic mass is 10.1. The molecule has 3 aromatic rings. The van der Waals surface area contributed by atoms with Gasteiger partial charge in [-0.2, -0.15) is 5.26 Å². The first kappa shape index (κ1) is 22.3. The van der Waals surface area contributed by atoms with Crippen LogP contribution in [0.25, 0.3) is 6.08 Å². The third kappa shape index (κ3) is 4.63. The first-order valence-corrected chi connectivity index (χ1v) is 11.7. The molecule has 0 aromatic heterocycles. The number of nitriles is 1. The highest BCUT2D eigenvalue weighted by molar-refractivity contribution is 14.1. The molecule has 0 aliphatic carbocycles. The van der Waals surface area contributed by atoms with Crippen LogP contribution in [0.2, 0.25) is 0 Å². The van der Waals surface area contributed by atoms with E-state index in [4.69, 9.17) is 4.74 Å². The van der Waals surface area contributed by atoms with Gasteiger partial charge in [-0.05, 0) is 87.2 Å². The van der Waals surface area contributed by atoms with E-state index in [2.05, 4.69) is 56.6 Å². The Kier molecular flexibility index (Phi) is 6.76. The second-order valence-corrected chi connectivity index (χ2v) is 9.16. The highest BCUT2D eigenvalue weighted by atomic mass is 127. The zero-order chi connectivity index (χ0) is 22.7. The van der Waals surface area contributed by atoms with Gasteiger partial charge in [0.2, 0.25) is 0 Å². The van der Waals surface area contributed by atoms with Gasteiger partial charge in [0.05, 0.1) is 24.5 Å². The van der Waals surface area contributed by atoms with Gasteiger partial charge in [0.25, 0.3) is 5.91 Å². The minimum absolute atomic E-state index is 0.210. The molecule has 0 atom stereocenters. The number of nitrogens with zero attached hydrogens (tertiary/aromatic N) is 2. The largest absolute Gasteiger partial charge is 0.487 e. The fourth-order valence-corrected chi connectivity index (χ4v) is 5.35. The predicted octanol–water partition coefficient (Wildman–Crippen LogP) is 5.44. The quantitative estimate of drug-likeness (QED) is 0.227. The lowest BCUT2D eigenvalue weighted by Crippen LogP contribution is -2.30. The number of amides is 3. The maximum Gasteiger partial charge on any atom is 0.333 e. The first-order chi connectivity index (χ1) is 15.5. The molecule has 0 saturated carbocycles. The maximum absolute atomic E-state index is 12.8. The fraction of sp³-hybridized carbons (Fsp3) is 0.0417. The van der Waals surface area contributed by atoms with E-state index in [1.807, 2.05) is 36.4 Å². The number of para-hydroxylation sites is 1. The fourth-order valence-electron chi connectivity index (χ4n) is 3.22. The molecule has 8 heteroatoms. The van der Waals surface area contributed by atoms with E-state index < -0.39 is 11.9 Å². The summed E-state index contributed by atoms with van der Waals surface area (Å²) in [4.78, 5) is 26.3. The number of carbonyl (C=O) groups excluding carboxylic acids is 2. The Bertz CT molecular complexity index is 1260. The molecule has 1 saturated heterocycles. The number of hydrogen-bond donors (Lipinski definition) is 1. The number of imide groups is 1. The Morgan fingerprint density at radius 3 is 2.34 bits per heavy atom. The Morgan fingerprint density at radius 1 is 1.00 bits per heavy atom. The average molecular weight is 647 g/mol. The van der Waals surface area contributed by atoms with Gasteiger partial charge in [-0.3, -0.25) is 4.79 Å². The van der Waals surface area contributed by atoms with Gasteiger partial charge >= 0.3 is 6.03 Å². The van der Waals surface area contributed by atoms with E-state index in [1.54, 1.807) is 36.4 Å². The van der Waals surface area contributed by atoms with Gasteiger partial charge in [-0.25, -0.2) is 9.69 Å². The number of hydrogen-bond acceptors (Lipinski definition) is 4.